The predicted octanol–water partition coefficient (Wildman–Crippen LogP) is -1.11. The van der Waals surface area contributed by atoms with Crippen molar-refractivity contribution in [3.05, 3.63) is 0 Å². The topological polar surface area (TPSA) is 72.3 Å². The van der Waals surface area contributed by atoms with Gasteiger partial charge in [-0.2, -0.15) is 0 Å². The smallest absolute Gasteiger partial charge is 0.235 e. The minimum absolute atomic E-state index is 0.406. The summed E-state index contributed by atoms with van der Waals surface area (Å²) in [6.45, 7) is 2.73. The fourth-order valence-electron chi connectivity index (χ4n) is 1.33. The van der Waals surface area contributed by atoms with Crippen LogP contribution in [-0.4, -0.2) is 36.5 Å². The Balaban J connectivity index is 2.23. The zero-order valence-corrected chi connectivity index (χ0v) is 6.62. The van der Waals surface area contributed by atoms with Crippen LogP contribution >= 0.6 is 0 Å². The first-order valence-electron chi connectivity index (χ1n) is 3.97. The van der Waals surface area contributed by atoms with E-state index in [1.165, 1.54) is 12.8 Å². The molecule has 1 unspecified atom stereocenters. The van der Waals surface area contributed by atoms with Crippen LogP contribution in [0.1, 0.15) is 12.8 Å². The Hall–Kier alpha value is -0.610. The van der Waals surface area contributed by atoms with Crippen LogP contribution in [0.2, 0.25) is 0 Å². The van der Waals surface area contributed by atoms with Gasteiger partial charge in [0.1, 0.15) is 0 Å². The Morgan fingerprint density at radius 1 is 1.45 bits per heavy atom. The maximum absolute atomic E-state index is 10.6. The number of amides is 1. The minimum atomic E-state index is -0.493. The van der Waals surface area contributed by atoms with E-state index in [-0.39, 0.29) is 0 Å². The Kier molecular flexibility index (Phi) is 2.84. The lowest BCUT2D eigenvalue weighted by atomic mass is 10.3. The normalized spacial score (nSPS) is 21.9. The molecule has 0 aromatic carbocycles. The highest BCUT2D eigenvalue weighted by Crippen LogP contribution is 2.06. The van der Waals surface area contributed by atoms with Crippen molar-refractivity contribution in [2.75, 3.05) is 19.6 Å². The third kappa shape index (κ3) is 2.48. The number of carbonyl (C=O) groups excluding carboxylic acids is 1. The molecule has 1 saturated heterocycles. The van der Waals surface area contributed by atoms with Gasteiger partial charge in [-0.05, 0) is 25.9 Å². The average molecular weight is 157 g/mol. The van der Waals surface area contributed by atoms with Gasteiger partial charge in [-0.25, -0.2) is 0 Å². The number of rotatable bonds is 3. The van der Waals surface area contributed by atoms with Crippen molar-refractivity contribution in [2.45, 2.75) is 18.9 Å². The van der Waals surface area contributed by atoms with Gasteiger partial charge < -0.3 is 16.4 Å². The molecule has 1 rings (SSSR count). The highest BCUT2D eigenvalue weighted by atomic mass is 16.1. The monoisotopic (exact) mass is 157 g/mol. The van der Waals surface area contributed by atoms with E-state index in [0.29, 0.717) is 6.54 Å². The van der Waals surface area contributed by atoms with E-state index in [2.05, 4.69) is 4.90 Å². The molecule has 1 aliphatic heterocycles. The number of nitrogens with zero attached hydrogens (tertiary/aromatic N) is 1. The number of primary amides is 1. The Labute approximate surface area is 66.5 Å². The SMILES string of the molecule is NC(=O)C(N)CN1CCCC1. The van der Waals surface area contributed by atoms with Crippen molar-refractivity contribution in [3.8, 4) is 0 Å². The van der Waals surface area contributed by atoms with Crippen LogP contribution in [0.5, 0.6) is 0 Å². The molecule has 0 aromatic rings. The number of hydrogen-bond donors (Lipinski definition) is 2. The Bertz CT molecular complexity index is 143. The molecule has 0 aromatic heterocycles. The summed E-state index contributed by atoms with van der Waals surface area (Å²) in [5.41, 5.74) is 10.5. The molecule has 0 bridgehead atoms. The first-order chi connectivity index (χ1) is 5.20. The van der Waals surface area contributed by atoms with Crippen molar-refractivity contribution in [3.63, 3.8) is 0 Å². The quantitative estimate of drug-likeness (QED) is 0.546. The van der Waals surface area contributed by atoms with E-state index in [4.69, 9.17) is 11.5 Å². The zero-order chi connectivity index (χ0) is 8.27. The summed E-state index contributed by atoms with van der Waals surface area (Å²) in [4.78, 5) is 12.7. The third-order valence-electron chi connectivity index (χ3n) is 2.02. The van der Waals surface area contributed by atoms with Crippen LogP contribution in [0.4, 0.5) is 0 Å². The van der Waals surface area contributed by atoms with E-state index in [1.807, 2.05) is 0 Å². The molecule has 1 fully saturated rings. The predicted molar refractivity (Wildman–Crippen MR) is 42.8 cm³/mol. The second kappa shape index (κ2) is 3.69. The lowest BCUT2D eigenvalue weighted by Gasteiger charge is -2.17. The minimum Gasteiger partial charge on any atom is -0.368 e. The molecule has 1 heterocycles. The lowest BCUT2D eigenvalue weighted by molar-refractivity contribution is -0.119. The van der Waals surface area contributed by atoms with Crippen LogP contribution in [0.25, 0.3) is 0 Å². The molecule has 4 N–H and O–H groups in total. The summed E-state index contributed by atoms with van der Waals surface area (Å²) < 4.78 is 0. The van der Waals surface area contributed by atoms with Crippen molar-refractivity contribution >= 4 is 5.91 Å². The third-order valence-corrected chi connectivity index (χ3v) is 2.02. The fourth-order valence-corrected chi connectivity index (χ4v) is 1.33. The number of hydrogen-bond acceptors (Lipinski definition) is 3. The van der Waals surface area contributed by atoms with Crippen LogP contribution in [-0.2, 0) is 4.79 Å². The molecule has 11 heavy (non-hydrogen) atoms. The molecule has 0 saturated carbocycles. The van der Waals surface area contributed by atoms with Gasteiger partial charge in [-0.15, -0.1) is 0 Å². The van der Waals surface area contributed by atoms with Crippen molar-refractivity contribution in [2.24, 2.45) is 11.5 Å². The Morgan fingerprint density at radius 3 is 2.45 bits per heavy atom. The highest BCUT2D eigenvalue weighted by Gasteiger charge is 2.17. The summed E-state index contributed by atoms with van der Waals surface area (Å²) in [6.07, 6.45) is 2.43. The molecule has 0 radical (unpaired) electrons. The van der Waals surface area contributed by atoms with Crippen LogP contribution in [0.3, 0.4) is 0 Å². The van der Waals surface area contributed by atoms with Gasteiger partial charge in [0, 0.05) is 6.54 Å². The van der Waals surface area contributed by atoms with Gasteiger partial charge in [0.2, 0.25) is 5.91 Å². The average Bonchev–Trinajstić information content (AvgIpc) is 2.39. The molecule has 0 aliphatic carbocycles. The summed E-state index contributed by atoms with van der Waals surface area (Å²) in [7, 11) is 0. The summed E-state index contributed by atoms with van der Waals surface area (Å²) in [6, 6.07) is -0.493. The van der Waals surface area contributed by atoms with Crippen molar-refractivity contribution in [1.29, 1.82) is 0 Å². The van der Waals surface area contributed by atoms with E-state index in [0.717, 1.165) is 13.1 Å². The zero-order valence-electron chi connectivity index (χ0n) is 6.62. The summed E-state index contributed by atoms with van der Waals surface area (Å²) in [5, 5.41) is 0. The van der Waals surface area contributed by atoms with Gasteiger partial charge >= 0.3 is 0 Å². The van der Waals surface area contributed by atoms with Crippen LogP contribution in [0, 0.1) is 0 Å². The van der Waals surface area contributed by atoms with Gasteiger partial charge in [0.05, 0.1) is 6.04 Å². The molecular formula is C7H15N3O. The first-order valence-corrected chi connectivity index (χ1v) is 3.97. The second-order valence-corrected chi connectivity index (χ2v) is 3.02. The van der Waals surface area contributed by atoms with Crippen molar-refractivity contribution < 1.29 is 4.79 Å². The van der Waals surface area contributed by atoms with E-state index < -0.39 is 11.9 Å². The fraction of sp³-hybridized carbons (Fsp3) is 0.857. The first kappa shape index (κ1) is 8.49. The van der Waals surface area contributed by atoms with Gasteiger partial charge in [-0.1, -0.05) is 0 Å². The van der Waals surface area contributed by atoms with E-state index in [9.17, 15) is 4.79 Å². The largest absolute Gasteiger partial charge is 0.368 e. The molecule has 64 valence electrons. The highest BCUT2D eigenvalue weighted by molar-refractivity contribution is 5.79. The van der Waals surface area contributed by atoms with Gasteiger partial charge in [-0.3, -0.25) is 4.79 Å². The standard InChI is InChI=1S/C7H15N3O/c8-6(7(9)11)5-10-3-1-2-4-10/h6H,1-5,8H2,(H2,9,11). The second-order valence-electron chi connectivity index (χ2n) is 3.02. The van der Waals surface area contributed by atoms with Crippen molar-refractivity contribution in [1.82, 2.24) is 4.90 Å². The molecule has 4 heteroatoms. The number of nitrogens with two attached hydrogens (primary N) is 2. The number of likely N-dealkylation sites (tertiary alicyclic amines) is 1. The lowest BCUT2D eigenvalue weighted by Crippen LogP contribution is -2.45. The number of carbonyl (C=O) groups is 1. The molecule has 1 atom stereocenters. The van der Waals surface area contributed by atoms with Gasteiger partial charge in [0.25, 0.3) is 0 Å². The van der Waals surface area contributed by atoms with Crippen LogP contribution < -0.4 is 11.5 Å². The van der Waals surface area contributed by atoms with E-state index in [1.54, 1.807) is 0 Å². The maximum atomic E-state index is 10.6. The summed E-state index contributed by atoms with van der Waals surface area (Å²) >= 11 is 0. The molecule has 1 aliphatic rings. The molecule has 4 nitrogen and oxygen atoms in total. The molecular weight excluding hydrogens is 142 g/mol. The Morgan fingerprint density at radius 2 is 2.00 bits per heavy atom. The molecule has 1 amide bonds. The van der Waals surface area contributed by atoms with Gasteiger partial charge in [0.15, 0.2) is 0 Å². The molecule has 0 spiro atoms. The van der Waals surface area contributed by atoms with E-state index >= 15 is 0 Å². The van der Waals surface area contributed by atoms with Crippen LogP contribution in [0.15, 0.2) is 0 Å². The maximum Gasteiger partial charge on any atom is 0.235 e. The summed E-state index contributed by atoms with van der Waals surface area (Å²) in [5.74, 6) is -0.406.